The molecule has 0 saturated heterocycles. The van der Waals surface area contributed by atoms with Crippen LogP contribution in [0.15, 0.2) is 48.5 Å². The lowest BCUT2D eigenvalue weighted by atomic mass is 10.1. The first kappa shape index (κ1) is 15.1. The fraction of sp³-hybridized carbons (Fsp3) is 0.133. The number of fused-ring (bicyclic) bond motifs is 3. The zero-order valence-corrected chi connectivity index (χ0v) is 10.8. The Morgan fingerprint density at radius 3 is 1.62 bits per heavy atom. The van der Waals surface area contributed by atoms with Crippen LogP contribution in [-0.2, 0) is 4.79 Å². The Balaban J connectivity index is 0.000000199. The van der Waals surface area contributed by atoms with Crippen LogP contribution in [0, 0.1) is 0 Å². The summed E-state index contributed by atoms with van der Waals surface area (Å²) in [6, 6.07) is 16.8. The summed E-state index contributed by atoms with van der Waals surface area (Å²) in [4.78, 5) is 8.90. The standard InChI is InChI=1S/C13H11N.C2HF3O2/c14-13-11-7-3-1-5-9(11)10-6-2-4-8-12(10)13;3-2(4,5)1(6)7/h1-8,13H,14H2;(H,6,7). The van der Waals surface area contributed by atoms with Crippen LogP contribution in [-0.4, -0.2) is 17.3 Å². The van der Waals surface area contributed by atoms with E-state index in [0.717, 1.165) is 0 Å². The lowest BCUT2D eigenvalue weighted by Crippen LogP contribution is -2.21. The molecule has 0 atom stereocenters. The number of nitrogens with two attached hydrogens (primary N) is 1. The maximum absolute atomic E-state index is 10.6. The van der Waals surface area contributed by atoms with Gasteiger partial charge in [-0.15, -0.1) is 0 Å². The second-order valence-electron chi connectivity index (χ2n) is 4.46. The van der Waals surface area contributed by atoms with E-state index in [-0.39, 0.29) is 6.04 Å². The van der Waals surface area contributed by atoms with E-state index in [4.69, 9.17) is 15.6 Å². The third-order valence-electron chi connectivity index (χ3n) is 3.12. The van der Waals surface area contributed by atoms with Crippen molar-refractivity contribution < 1.29 is 23.1 Å². The number of hydrogen-bond donors (Lipinski definition) is 2. The molecule has 21 heavy (non-hydrogen) atoms. The van der Waals surface area contributed by atoms with E-state index in [2.05, 4.69) is 36.4 Å². The first-order chi connectivity index (χ1) is 9.82. The van der Waals surface area contributed by atoms with Crippen molar-refractivity contribution in [1.82, 2.24) is 0 Å². The first-order valence-corrected chi connectivity index (χ1v) is 6.06. The summed E-state index contributed by atoms with van der Waals surface area (Å²) in [5.41, 5.74) is 11.2. The minimum atomic E-state index is -5.08. The molecule has 0 heterocycles. The van der Waals surface area contributed by atoms with E-state index in [9.17, 15) is 13.2 Å². The number of carbonyl (C=O) groups is 1. The first-order valence-electron chi connectivity index (χ1n) is 6.06. The lowest BCUT2D eigenvalue weighted by Gasteiger charge is -2.04. The van der Waals surface area contributed by atoms with Crippen LogP contribution in [0.25, 0.3) is 11.1 Å². The molecule has 110 valence electrons. The van der Waals surface area contributed by atoms with Crippen molar-refractivity contribution in [3.63, 3.8) is 0 Å². The van der Waals surface area contributed by atoms with E-state index in [0.29, 0.717) is 0 Å². The van der Waals surface area contributed by atoms with Crippen molar-refractivity contribution in [2.75, 3.05) is 0 Å². The average Bonchev–Trinajstić information content (AvgIpc) is 2.73. The molecule has 0 bridgehead atoms. The zero-order valence-electron chi connectivity index (χ0n) is 10.8. The number of aliphatic carboxylic acids is 1. The van der Waals surface area contributed by atoms with Gasteiger partial charge in [0.05, 0.1) is 6.04 Å². The lowest BCUT2D eigenvalue weighted by molar-refractivity contribution is -0.192. The monoisotopic (exact) mass is 295 g/mol. The summed E-state index contributed by atoms with van der Waals surface area (Å²) in [5, 5.41) is 7.12. The molecule has 0 aromatic heterocycles. The van der Waals surface area contributed by atoms with E-state index >= 15 is 0 Å². The second kappa shape index (κ2) is 5.57. The number of carboxylic acid groups (broad SMARTS) is 1. The smallest absolute Gasteiger partial charge is 0.475 e. The highest BCUT2D eigenvalue weighted by Crippen LogP contribution is 2.41. The highest BCUT2D eigenvalue weighted by Gasteiger charge is 2.38. The maximum Gasteiger partial charge on any atom is 0.490 e. The van der Waals surface area contributed by atoms with Gasteiger partial charge in [-0.1, -0.05) is 48.5 Å². The molecule has 1 aliphatic carbocycles. The largest absolute Gasteiger partial charge is 0.490 e. The Bertz CT molecular complexity index is 622. The number of carboxylic acids is 1. The summed E-state index contributed by atoms with van der Waals surface area (Å²) in [5.74, 6) is -2.76. The minimum Gasteiger partial charge on any atom is -0.475 e. The van der Waals surface area contributed by atoms with Crippen molar-refractivity contribution >= 4 is 5.97 Å². The molecule has 0 fully saturated rings. The Morgan fingerprint density at radius 2 is 1.29 bits per heavy atom. The molecule has 3 N–H and O–H groups in total. The van der Waals surface area contributed by atoms with Crippen molar-refractivity contribution in [3.8, 4) is 11.1 Å². The van der Waals surface area contributed by atoms with E-state index in [1.165, 1.54) is 22.3 Å². The highest BCUT2D eigenvalue weighted by atomic mass is 19.4. The van der Waals surface area contributed by atoms with Gasteiger partial charge in [0.2, 0.25) is 0 Å². The Kier molecular flexibility index (Phi) is 3.99. The third kappa shape index (κ3) is 3.05. The molecule has 0 radical (unpaired) electrons. The molecule has 0 aliphatic heterocycles. The van der Waals surface area contributed by atoms with Crippen LogP contribution in [0.5, 0.6) is 0 Å². The number of hydrogen-bond acceptors (Lipinski definition) is 2. The normalized spacial score (nSPS) is 13.0. The summed E-state index contributed by atoms with van der Waals surface area (Å²) in [7, 11) is 0. The summed E-state index contributed by atoms with van der Waals surface area (Å²) in [6.07, 6.45) is -5.08. The maximum atomic E-state index is 10.6. The highest BCUT2D eigenvalue weighted by molar-refractivity contribution is 5.78. The summed E-state index contributed by atoms with van der Waals surface area (Å²) < 4.78 is 31.7. The van der Waals surface area contributed by atoms with Gasteiger partial charge in [-0.05, 0) is 22.3 Å². The Hall–Kier alpha value is -2.34. The summed E-state index contributed by atoms with van der Waals surface area (Å²) >= 11 is 0. The van der Waals surface area contributed by atoms with Crippen molar-refractivity contribution in [3.05, 3.63) is 59.7 Å². The van der Waals surface area contributed by atoms with Crippen LogP contribution < -0.4 is 5.73 Å². The Morgan fingerprint density at radius 1 is 0.952 bits per heavy atom. The molecule has 2 aromatic rings. The van der Waals surface area contributed by atoms with Crippen LogP contribution in [0.3, 0.4) is 0 Å². The molecule has 0 spiro atoms. The van der Waals surface area contributed by atoms with Gasteiger partial charge < -0.3 is 10.8 Å². The van der Waals surface area contributed by atoms with Gasteiger partial charge in [-0.25, -0.2) is 4.79 Å². The Labute approximate surface area is 118 Å². The predicted octanol–water partition coefficient (Wildman–Crippen LogP) is 3.35. The fourth-order valence-electron chi connectivity index (χ4n) is 2.19. The van der Waals surface area contributed by atoms with Crippen LogP contribution in [0.4, 0.5) is 13.2 Å². The molecule has 2 aromatic carbocycles. The number of benzene rings is 2. The molecular formula is C15H12F3NO2. The molecule has 6 heteroatoms. The number of alkyl halides is 3. The fourth-order valence-corrected chi connectivity index (χ4v) is 2.19. The van der Waals surface area contributed by atoms with Crippen LogP contribution in [0.2, 0.25) is 0 Å². The molecule has 3 rings (SSSR count). The van der Waals surface area contributed by atoms with Crippen LogP contribution in [0.1, 0.15) is 17.2 Å². The topological polar surface area (TPSA) is 63.3 Å². The van der Waals surface area contributed by atoms with Gasteiger partial charge >= 0.3 is 12.1 Å². The van der Waals surface area contributed by atoms with Crippen molar-refractivity contribution in [2.24, 2.45) is 5.73 Å². The van der Waals surface area contributed by atoms with Crippen molar-refractivity contribution in [2.45, 2.75) is 12.2 Å². The van der Waals surface area contributed by atoms with Gasteiger partial charge in [0.15, 0.2) is 0 Å². The third-order valence-corrected chi connectivity index (χ3v) is 3.12. The van der Waals surface area contributed by atoms with E-state index in [1.54, 1.807) is 0 Å². The molecule has 0 unspecified atom stereocenters. The van der Waals surface area contributed by atoms with Crippen molar-refractivity contribution in [1.29, 1.82) is 0 Å². The van der Waals surface area contributed by atoms with Crippen LogP contribution >= 0.6 is 0 Å². The zero-order chi connectivity index (χ0) is 15.6. The van der Waals surface area contributed by atoms with Gasteiger partial charge in [-0.2, -0.15) is 13.2 Å². The number of halogens is 3. The SMILES string of the molecule is NC1c2ccccc2-c2ccccc21.O=C(O)C(F)(F)F. The van der Waals surface area contributed by atoms with Gasteiger partial charge in [0, 0.05) is 0 Å². The average molecular weight is 295 g/mol. The van der Waals surface area contributed by atoms with Gasteiger partial charge in [0.1, 0.15) is 0 Å². The van der Waals surface area contributed by atoms with E-state index in [1.807, 2.05) is 12.1 Å². The summed E-state index contributed by atoms with van der Waals surface area (Å²) in [6.45, 7) is 0. The molecule has 3 nitrogen and oxygen atoms in total. The molecule has 1 aliphatic rings. The van der Waals surface area contributed by atoms with Gasteiger partial charge in [0.25, 0.3) is 0 Å². The number of rotatable bonds is 0. The van der Waals surface area contributed by atoms with Gasteiger partial charge in [-0.3, -0.25) is 0 Å². The minimum absolute atomic E-state index is 0.0578. The van der Waals surface area contributed by atoms with E-state index < -0.39 is 12.1 Å². The second-order valence-corrected chi connectivity index (χ2v) is 4.46. The quantitative estimate of drug-likeness (QED) is 0.783. The predicted molar refractivity (Wildman–Crippen MR) is 71.6 cm³/mol. The molecular weight excluding hydrogens is 283 g/mol. The molecule has 0 saturated carbocycles. The molecule has 0 amide bonds.